The summed E-state index contributed by atoms with van der Waals surface area (Å²) in [6.45, 7) is 9.19. The lowest BCUT2D eigenvalue weighted by atomic mass is 10.1. The molecule has 0 unspecified atom stereocenters. The van der Waals surface area contributed by atoms with Crippen molar-refractivity contribution in [2.75, 3.05) is 30.3 Å². The summed E-state index contributed by atoms with van der Waals surface area (Å²) in [7, 11) is -3.61. The lowest BCUT2D eigenvalue weighted by Gasteiger charge is -2.31. The van der Waals surface area contributed by atoms with Crippen LogP contribution in [0.3, 0.4) is 0 Å². The highest BCUT2D eigenvalue weighted by atomic mass is 32.2. The molecule has 0 aliphatic rings. The van der Waals surface area contributed by atoms with Crippen molar-refractivity contribution in [3.63, 3.8) is 0 Å². The van der Waals surface area contributed by atoms with Crippen LogP contribution in [0.5, 0.6) is 5.75 Å². The molecule has 0 saturated heterocycles. The number of nitrogens with one attached hydrogen (secondary N) is 1. The van der Waals surface area contributed by atoms with Gasteiger partial charge in [-0.3, -0.25) is 13.9 Å². The van der Waals surface area contributed by atoms with E-state index in [0.29, 0.717) is 44.0 Å². The van der Waals surface area contributed by atoms with E-state index in [0.717, 1.165) is 30.2 Å². The van der Waals surface area contributed by atoms with Gasteiger partial charge in [0.2, 0.25) is 21.8 Å². The van der Waals surface area contributed by atoms with Gasteiger partial charge >= 0.3 is 0 Å². The second-order valence-corrected chi connectivity index (χ2v) is 11.3. The minimum Gasteiger partial charge on any atom is -0.492 e. The van der Waals surface area contributed by atoms with E-state index in [1.54, 1.807) is 29.2 Å². The number of nitrogens with zero attached hydrogens (tertiary/aromatic N) is 2. The number of benzene rings is 2. The molecule has 2 rings (SSSR count). The number of para-hydroxylation sites is 2. The van der Waals surface area contributed by atoms with Crippen LogP contribution < -0.4 is 14.4 Å². The maximum absolute atomic E-state index is 13.5. The van der Waals surface area contributed by atoms with Crippen molar-refractivity contribution in [1.29, 1.82) is 0 Å². The minimum atomic E-state index is -3.61. The largest absolute Gasteiger partial charge is 0.492 e. The van der Waals surface area contributed by atoms with E-state index in [2.05, 4.69) is 12.2 Å². The summed E-state index contributed by atoms with van der Waals surface area (Å²) in [5, 5.41) is 2.96. The first kappa shape index (κ1) is 31.1. The Morgan fingerprint density at radius 3 is 2.29 bits per heavy atom. The van der Waals surface area contributed by atoms with Crippen molar-refractivity contribution in [3.8, 4) is 5.75 Å². The third kappa shape index (κ3) is 9.35. The average Bonchev–Trinajstić information content (AvgIpc) is 2.88. The van der Waals surface area contributed by atoms with Crippen molar-refractivity contribution in [1.82, 2.24) is 10.2 Å². The Hall–Kier alpha value is -3.07. The number of rotatable bonds is 16. The summed E-state index contributed by atoms with van der Waals surface area (Å²) in [6, 6.07) is 14.3. The maximum Gasteiger partial charge on any atom is 0.242 e. The van der Waals surface area contributed by atoms with Gasteiger partial charge in [0.15, 0.2) is 0 Å². The molecule has 0 saturated carbocycles. The molecule has 0 fully saturated rings. The number of aryl methyl sites for hydroxylation is 1. The van der Waals surface area contributed by atoms with Crippen LogP contribution in [0.25, 0.3) is 0 Å². The number of carbonyl (C=O) groups excluding carboxylic acids is 2. The molecular weight excluding hydrogens is 502 g/mol. The molecule has 0 aromatic heterocycles. The van der Waals surface area contributed by atoms with E-state index in [9.17, 15) is 18.0 Å². The smallest absolute Gasteiger partial charge is 0.242 e. The highest BCUT2D eigenvalue weighted by Crippen LogP contribution is 2.30. The standard InChI is InChI=1S/C29H43N3O5S/c1-6-9-20-30-29(34)25(7-2)31(22-24-18-16-23(4)17-19-24)28(33)15-12-21-32(38(5,35)36)26-13-10-11-14-27(26)37-8-3/h10-11,13-14,16-19,25H,6-9,12,15,20-22H2,1-5H3,(H,30,34)/t25-/m0/s1. The van der Waals surface area contributed by atoms with Gasteiger partial charge in [-0.25, -0.2) is 8.42 Å². The Kier molecular flexibility index (Phi) is 12.6. The number of ether oxygens (including phenoxy) is 1. The van der Waals surface area contributed by atoms with Gasteiger partial charge in [-0.05, 0) is 50.8 Å². The first-order valence-electron chi connectivity index (χ1n) is 13.4. The summed E-state index contributed by atoms with van der Waals surface area (Å²) in [5.41, 5.74) is 2.50. The van der Waals surface area contributed by atoms with Gasteiger partial charge in [0.1, 0.15) is 11.8 Å². The van der Waals surface area contributed by atoms with E-state index in [4.69, 9.17) is 4.74 Å². The second-order valence-electron chi connectivity index (χ2n) is 9.42. The zero-order valence-corrected chi connectivity index (χ0v) is 24.2. The fourth-order valence-corrected chi connectivity index (χ4v) is 5.21. The van der Waals surface area contributed by atoms with Gasteiger partial charge in [0.25, 0.3) is 0 Å². The Morgan fingerprint density at radius 2 is 1.68 bits per heavy atom. The number of amides is 2. The lowest BCUT2D eigenvalue weighted by Crippen LogP contribution is -2.49. The summed E-state index contributed by atoms with van der Waals surface area (Å²) >= 11 is 0. The molecule has 0 aliphatic carbocycles. The van der Waals surface area contributed by atoms with E-state index >= 15 is 0 Å². The fraction of sp³-hybridized carbons (Fsp3) is 0.517. The van der Waals surface area contributed by atoms with Crippen LogP contribution in [0.1, 0.15) is 64.0 Å². The van der Waals surface area contributed by atoms with Crippen LogP contribution in [0, 0.1) is 6.92 Å². The molecular formula is C29H43N3O5S. The summed E-state index contributed by atoms with van der Waals surface area (Å²) in [6.07, 6.45) is 3.87. The zero-order chi connectivity index (χ0) is 28.1. The van der Waals surface area contributed by atoms with E-state index < -0.39 is 16.1 Å². The number of hydrogen-bond acceptors (Lipinski definition) is 5. The molecule has 0 heterocycles. The zero-order valence-electron chi connectivity index (χ0n) is 23.4. The Morgan fingerprint density at radius 1 is 1.00 bits per heavy atom. The number of carbonyl (C=O) groups is 2. The molecule has 0 bridgehead atoms. The maximum atomic E-state index is 13.5. The second kappa shape index (κ2) is 15.4. The molecule has 8 nitrogen and oxygen atoms in total. The van der Waals surface area contributed by atoms with Gasteiger partial charge in [-0.2, -0.15) is 0 Å². The van der Waals surface area contributed by atoms with Crippen LogP contribution in [-0.4, -0.2) is 57.1 Å². The molecule has 0 spiro atoms. The Balaban J connectivity index is 2.22. The fourth-order valence-electron chi connectivity index (χ4n) is 4.24. The van der Waals surface area contributed by atoms with Crippen LogP contribution >= 0.6 is 0 Å². The molecule has 0 radical (unpaired) electrons. The Labute approximate surface area is 228 Å². The predicted octanol–water partition coefficient (Wildman–Crippen LogP) is 4.66. The molecule has 2 aromatic rings. The summed E-state index contributed by atoms with van der Waals surface area (Å²) < 4.78 is 32.2. The topological polar surface area (TPSA) is 96.0 Å². The van der Waals surface area contributed by atoms with E-state index in [1.807, 2.05) is 45.0 Å². The minimum absolute atomic E-state index is 0.105. The molecule has 38 heavy (non-hydrogen) atoms. The van der Waals surface area contributed by atoms with Gasteiger partial charge < -0.3 is 15.0 Å². The summed E-state index contributed by atoms with van der Waals surface area (Å²) in [5.74, 6) is 0.127. The molecule has 2 aromatic carbocycles. The molecule has 2 amide bonds. The molecule has 0 aliphatic heterocycles. The normalized spacial score (nSPS) is 12.0. The van der Waals surface area contributed by atoms with Gasteiger partial charge in [-0.1, -0.05) is 62.2 Å². The van der Waals surface area contributed by atoms with Crippen molar-refractivity contribution in [2.24, 2.45) is 0 Å². The van der Waals surface area contributed by atoms with Crippen LogP contribution in [-0.2, 0) is 26.2 Å². The highest BCUT2D eigenvalue weighted by Gasteiger charge is 2.29. The monoisotopic (exact) mass is 545 g/mol. The van der Waals surface area contributed by atoms with E-state index in [-0.39, 0.29) is 24.8 Å². The van der Waals surface area contributed by atoms with Crippen molar-refractivity contribution in [3.05, 3.63) is 59.7 Å². The predicted molar refractivity (Wildman–Crippen MR) is 153 cm³/mol. The number of sulfonamides is 1. The quantitative estimate of drug-likeness (QED) is 0.310. The van der Waals surface area contributed by atoms with Crippen molar-refractivity contribution in [2.45, 2.75) is 72.4 Å². The molecule has 210 valence electrons. The molecule has 1 atom stereocenters. The number of hydrogen-bond donors (Lipinski definition) is 1. The lowest BCUT2D eigenvalue weighted by molar-refractivity contribution is -0.141. The number of unbranched alkanes of at least 4 members (excludes halogenated alkanes) is 1. The van der Waals surface area contributed by atoms with Crippen molar-refractivity contribution >= 4 is 27.5 Å². The van der Waals surface area contributed by atoms with Crippen LogP contribution in [0.4, 0.5) is 5.69 Å². The Bertz CT molecular complexity index is 1140. The van der Waals surface area contributed by atoms with Crippen LogP contribution in [0.2, 0.25) is 0 Å². The van der Waals surface area contributed by atoms with Gasteiger partial charge in [-0.15, -0.1) is 0 Å². The van der Waals surface area contributed by atoms with Crippen LogP contribution in [0.15, 0.2) is 48.5 Å². The van der Waals surface area contributed by atoms with Crippen molar-refractivity contribution < 1.29 is 22.7 Å². The average molecular weight is 546 g/mol. The SMILES string of the molecule is CCCCNC(=O)[C@H](CC)N(Cc1ccc(C)cc1)C(=O)CCCN(c1ccccc1OCC)S(C)(=O)=O. The summed E-state index contributed by atoms with van der Waals surface area (Å²) in [4.78, 5) is 28.2. The van der Waals surface area contributed by atoms with Gasteiger partial charge in [0.05, 0.1) is 18.6 Å². The first-order chi connectivity index (χ1) is 18.1. The third-order valence-corrected chi connectivity index (χ3v) is 7.45. The third-order valence-electron chi connectivity index (χ3n) is 6.27. The molecule has 9 heteroatoms. The van der Waals surface area contributed by atoms with E-state index in [1.165, 1.54) is 4.31 Å². The number of anilines is 1. The molecule has 1 N–H and O–H groups in total. The first-order valence-corrected chi connectivity index (χ1v) is 15.3. The van der Waals surface area contributed by atoms with Gasteiger partial charge in [0, 0.05) is 26.1 Å². The highest BCUT2D eigenvalue weighted by molar-refractivity contribution is 7.92.